The fourth-order valence-corrected chi connectivity index (χ4v) is 4.16. The van der Waals surface area contributed by atoms with Crippen LogP contribution in [0.1, 0.15) is 36.4 Å². The van der Waals surface area contributed by atoms with Gasteiger partial charge in [-0.1, -0.05) is 13.0 Å². The van der Waals surface area contributed by atoms with Crippen LogP contribution in [-0.2, 0) is 13.1 Å². The zero-order chi connectivity index (χ0) is 15.6. The average molecular weight is 327 g/mol. The quantitative estimate of drug-likeness (QED) is 0.800. The van der Waals surface area contributed by atoms with Crippen molar-refractivity contribution in [2.45, 2.75) is 38.9 Å². The maximum atomic E-state index is 4.81. The minimum atomic E-state index is 0.326. The number of fused-ring (bicyclic) bond motifs is 1. The van der Waals surface area contributed by atoms with E-state index in [-0.39, 0.29) is 0 Å². The lowest BCUT2D eigenvalue weighted by atomic mass is 10.2. The van der Waals surface area contributed by atoms with E-state index in [9.17, 15) is 0 Å². The molecule has 5 nitrogen and oxygen atoms in total. The zero-order valence-electron chi connectivity index (χ0n) is 13.3. The predicted octanol–water partition coefficient (Wildman–Crippen LogP) is 3.30. The number of thiophene rings is 1. The molecule has 6 heteroatoms. The van der Waals surface area contributed by atoms with Gasteiger partial charge in [0.25, 0.3) is 0 Å². The van der Waals surface area contributed by atoms with Crippen LogP contribution in [0.15, 0.2) is 36.0 Å². The van der Waals surface area contributed by atoms with Crippen LogP contribution < -0.4 is 5.32 Å². The molecular weight excluding hydrogens is 306 g/mol. The van der Waals surface area contributed by atoms with Gasteiger partial charge in [0.15, 0.2) is 5.82 Å². The minimum Gasteiger partial charge on any atom is -0.321 e. The Bertz CT molecular complexity index is 747. The summed E-state index contributed by atoms with van der Waals surface area (Å²) in [5.74, 6) is 0.964. The molecule has 4 rings (SSSR count). The van der Waals surface area contributed by atoms with E-state index in [1.807, 2.05) is 6.20 Å². The number of aryl methyl sites for hydroxylation is 1. The highest BCUT2D eigenvalue weighted by Gasteiger charge is 2.20. The molecule has 0 saturated heterocycles. The van der Waals surface area contributed by atoms with Crippen molar-refractivity contribution in [1.82, 2.24) is 24.6 Å². The topological polar surface area (TPSA) is 47.7 Å². The molecule has 1 N–H and O–H groups in total. The summed E-state index contributed by atoms with van der Waals surface area (Å²) in [4.78, 5) is 5.97. The molecule has 0 unspecified atom stereocenters. The van der Waals surface area contributed by atoms with Gasteiger partial charge in [-0.25, -0.2) is 4.98 Å². The first-order valence-corrected chi connectivity index (χ1v) is 9.09. The maximum Gasteiger partial charge on any atom is 0.161 e. The average Bonchev–Trinajstić information content (AvgIpc) is 3.28. The van der Waals surface area contributed by atoms with E-state index in [2.05, 4.69) is 56.2 Å². The number of hydrogen-bond donors (Lipinski definition) is 1. The summed E-state index contributed by atoms with van der Waals surface area (Å²) in [5.41, 5.74) is 2.22. The molecule has 1 atom stereocenters. The number of aromatic nitrogens is 4. The lowest BCUT2D eigenvalue weighted by Gasteiger charge is -2.17. The fourth-order valence-electron chi connectivity index (χ4n) is 3.25. The van der Waals surface area contributed by atoms with Crippen LogP contribution in [0.4, 0.5) is 0 Å². The van der Waals surface area contributed by atoms with Crippen molar-refractivity contribution in [3.05, 3.63) is 46.5 Å². The number of nitrogens with one attached hydrogen (secondary N) is 1. The van der Waals surface area contributed by atoms with Crippen molar-refractivity contribution in [1.29, 1.82) is 0 Å². The lowest BCUT2D eigenvalue weighted by molar-refractivity contribution is 0.572. The van der Waals surface area contributed by atoms with Gasteiger partial charge in [-0.2, -0.15) is 5.10 Å². The summed E-state index contributed by atoms with van der Waals surface area (Å²) in [5, 5.41) is 10.4. The van der Waals surface area contributed by atoms with Gasteiger partial charge >= 0.3 is 0 Å². The molecule has 3 aromatic heterocycles. The van der Waals surface area contributed by atoms with Crippen LogP contribution in [0.3, 0.4) is 0 Å². The Morgan fingerprint density at radius 3 is 3.22 bits per heavy atom. The first kappa shape index (κ1) is 14.7. The molecule has 23 heavy (non-hydrogen) atoms. The monoisotopic (exact) mass is 327 g/mol. The van der Waals surface area contributed by atoms with Crippen LogP contribution in [0.25, 0.3) is 11.5 Å². The SMILES string of the molecule is CC[C@H](c1cccs1)n1ccnc1-c1cc2n(n1)CCCNC2. The standard InChI is InChI=1S/C17H21N5S/c1-2-15(16-5-3-10-23-16)21-9-7-19-17(21)14-11-13-12-18-6-4-8-22(13)20-14/h3,5,7,9-11,15,18H,2,4,6,8,12H2,1H3/t15-/m1/s1. The van der Waals surface area contributed by atoms with Crippen LogP contribution in [-0.4, -0.2) is 25.9 Å². The molecule has 3 aromatic rings. The van der Waals surface area contributed by atoms with Crippen molar-refractivity contribution >= 4 is 11.3 Å². The third kappa shape index (κ3) is 2.72. The second-order valence-corrected chi connectivity index (χ2v) is 6.85. The number of rotatable bonds is 4. The molecule has 4 heterocycles. The van der Waals surface area contributed by atoms with Gasteiger partial charge in [-0.3, -0.25) is 4.68 Å². The molecule has 0 amide bonds. The van der Waals surface area contributed by atoms with Crippen molar-refractivity contribution in [2.24, 2.45) is 0 Å². The Balaban J connectivity index is 1.72. The molecule has 120 valence electrons. The van der Waals surface area contributed by atoms with E-state index >= 15 is 0 Å². The van der Waals surface area contributed by atoms with Gasteiger partial charge in [0.05, 0.1) is 11.7 Å². The molecule has 0 radical (unpaired) electrons. The van der Waals surface area contributed by atoms with E-state index in [1.165, 1.54) is 10.6 Å². The van der Waals surface area contributed by atoms with Crippen molar-refractivity contribution in [3.8, 4) is 11.5 Å². The van der Waals surface area contributed by atoms with Crippen molar-refractivity contribution in [3.63, 3.8) is 0 Å². The molecule has 0 spiro atoms. The Morgan fingerprint density at radius 2 is 2.39 bits per heavy atom. The Morgan fingerprint density at radius 1 is 1.43 bits per heavy atom. The normalized spacial score (nSPS) is 16.0. The second-order valence-electron chi connectivity index (χ2n) is 5.87. The first-order valence-electron chi connectivity index (χ1n) is 8.21. The Kier molecular flexibility index (Phi) is 4.01. The van der Waals surface area contributed by atoms with Gasteiger partial charge in [0.1, 0.15) is 5.69 Å². The van der Waals surface area contributed by atoms with Crippen LogP contribution in [0.5, 0.6) is 0 Å². The van der Waals surface area contributed by atoms with Crippen LogP contribution in [0.2, 0.25) is 0 Å². The lowest BCUT2D eigenvalue weighted by Crippen LogP contribution is -2.12. The Hall–Kier alpha value is -1.92. The van der Waals surface area contributed by atoms with Gasteiger partial charge in [0, 0.05) is 30.4 Å². The van der Waals surface area contributed by atoms with Gasteiger partial charge in [-0.15, -0.1) is 11.3 Å². The number of nitrogens with zero attached hydrogens (tertiary/aromatic N) is 4. The summed E-state index contributed by atoms with van der Waals surface area (Å²) in [6, 6.07) is 6.82. The first-order chi connectivity index (χ1) is 11.4. The maximum absolute atomic E-state index is 4.81. The highest BCUT2D eigenvalue weighted by atomic mass is 32.1. The molecule has 0 saturated carbocycles. The van der Waals surface area contributed by atoms with E-state index in [0.29, 0.717) is 6.04 Å². The molecule has 0 aliphatic carbocycles. The molecule has 1 aliphatic rings. The van der Waals surface area contributed by atoms with Gasteiger partial charge < -0.3 is 9.88 Å². The van der Waals surface area contributed by atoms with E-state index in [0.717, 1.165) is 44.0 Å². The Labute approximate surface area is 140 Å². The number of hydrogen-bond acceptors (Lipinski definition) is 4. The van der Waals surface area contributed by atoms with Gasteiger partial charge in [0.2, 0.25) is 0 Å². The van der Waals surface area contributed by atoms with Gasteiger partial charge in [-0.05, 0) is 36.9 Å². The third-order valence-corrected chi connectivity index (χ3v) is 5.36. The highest BCUT2D eigenvalue weighted by Crippen LogP contribution is 2.30. The molecule has 1 aliphatic heterocycles. The summed E-state index contributed by atoms with van der Waals surface area (Å²) < 4.78 is 4.39. The summed E-state index contributed by atoms with van der Waals surface area (Å²) in [6.07, 6.45) is 6.12. The van der Waals surface area contributed by atoms with Crippen LogP contribution >= 0.6 is 11.3 Å². The van der Waals surface area contributed by atoms with E-state index < -0.39 is 0 Å². The third-order valence-electron chi connectivity index (χ3n) is 4.38. The second kappa shape index (κ2) is 6.29. The van der Waals surface area contributed by atoms with E-state index in [1.54, 1.807) is 11.3 Å². The summed E-state index contributed by atoms with van der Waals surface area (Å²) >= 11 is 1.80. The van der Waals surface area contributed by atoms with Crippen molar-refractivity contribution < 1.29 is 0 Å². The zero-order valence-corrected chi connectivity index (χ0v) is 14.1. The summed E-state index contributed by atoms with van der Waals surface area (Å²) in [6.45, 7) is 5.14. The molecule has 0 fully saturated rings. The van der Waals surface area contributed by atoms with E-state index in [4.69, 9.17) is 5.10 Å². The number of imidazole rings is 1. The minimum absolute atomic E-state index is 0.326. The fraction of sp³-hybridized carbons (Fsp3) is 0.412. The smallest absolute Gasteiger partial charge is 0.161 e. The molecular formula is C17H21N5S. The highest BCUT2D eigenvalue weighted by molar-refractivity contribution is 7.10. The molecule has 0 aromatic carbocycles. The largest absolute Gasteiger partial charge is 0.321 e. The predicted molar refractivity (Wildman–Crippen MR) is 92.5 cm³/mol. The van der Waals surface area contributed by atoms with Crippen molar-refractivity contribution in [2.75, 3.05) is 6.54 Å². The van der Waals surface area contributed by atoms with Crippen LogP contribution in [0, 0.1) is 0 Å². The molecule has 0 bridgehead atoms. The summed E-state index contributed by atoms with van der Waals surface area (Å²) in [7, 11) is 0.